The fourth-order valence-corrected chi connectivity index (χ4v) is 3.72. The highest BCUT2D eigenvalue weighted by molar-refractivity contribution is 7.15. The van der Waals surface area contributed by atoms with Crippen molar-refractivity contribution in [1.29, 1.82) is 0 Å². The van der Waals surface area contributed by atoms with Gasteiger partial charge in [-0.1, -0.05) is 11.3 Å². The van der Waals surface area contributed by atoms with Gasteiger partial charge in [0.05, 0.1) is 12.2 Å². The van der Waals surface area contributed by atoms with E-state index in [9.17, 15) is 14.0 Å². The number of hydrogen-bond acceptors (Lipinski definition) is 8. The molecule has 2 amide bonds. The molecule has 1 fully saturated rings. The summed E-state index contributed by atoms with van der Waals surface area (Å²) in [6.45, 7) is 1.08. The number of carbonyl (C=O) groups is 2. The Morgan fingerprint density at radius 2 is 1.94 bits per heavy atom. The van der Waals surface area contributed by atoms with Crippen molar-refractivity contribution in [2.24, 2.45) is 5.73 Å². The Kier molecular flexibility index (Phi) is 7.10. The number of benzene rings is 1. The Hall–Kier alpha value is -3.57. The minimum Gasteiger partial charge on any atom is -0.378 e. The average Bonchev–Trinajstić information content (AvgIpc) is 3.53. The Morgan fingerprint density at radius 3 is 2.73 bits per heavy atom. The van der Waals surface area contributed by atoms with E-state index in [1.807, 2.05) is 0 Å². The maximum atomic E-state index is 14.2. The number of pyridine rings is 1. The molecule has 2 heterocycles. The van der Waals surface area contributed by atoms with Gasteiger partial charge in [-0.15, -0.1) is 0 Å². The normalized spacial score (nSPS) is 12.8. The summed E-state index contributed by atoms with van der Waals surface area (Å²) in [7, 11) is 0. The molecule has 0 saturated heterocycles. The Bertz CT molecular complexity index is 1150. The van der Waals surface area contributed by atoms with Crippen LogP contribution in [0.4, 0.5) is 21.0 Å². The zero-order valence-electron chi connectivity index (χ0n) is 17.7. The smallest absolute Gasteiger partial charge is 0.251 e. The molecule has 0 atom stereocenters. The summed E-state index contributed by atoms with van der Waals surface area (Å²) in [6, 6.07) is 7.74. The van der Waals surface area contributed by atoms with Gasteiger partial charge < -0.3 is 27.0 Å². The van der Waals surface area contributed by atoms with Crippen molar-refractivity contribution in [2.45, 2.75) is 25.4 Å². The number of nitrogens with one attached hydrogen (secondary N) is 4. The van der Waals surface area contributed by atoms with Crippen LogP contribution in [0.25, 0.3) is 0 Å². The van der Waals surface area contributed by atoms with E-state index in [-0.39, 0.29) is 23.5 Å². The van der Waals surface area contributed by atoms with E-state index in [1.165, 1.54) is 35.7 Å². The molecule has 11 heteroatoms. The Balaban J connectivity index is 1.36. The third kappa shape index (κ3) is 6.24. The first-order valence-electron chi connectivity index (χ1n) is 10.5. The number of thiazole rings is 1. The number of carbonyl (C=O) groups excluding carboxylic acids is 2. The molecule has 0 radical (unpaired) electrons. The predicted octanol–water partition coefficient (Wildman–Crippen LogP) is 2.61. The molecule has 0 aliphatic heterocycles. The Labute approximate surface area is 194 Å². The van der Waals surface area contributed by atoms with Gasteiger partial charge in [-0.3, -0.25) is 9.59 Å². The second-order valence-corrected chi connectivity index (χ2v) is 8.64. The standard InChI is InChI=1S/C22H24FN7O2S/c23-17-4-1-13(21(32)29-15-2-3-15)9-18(17)27-11-16-12-28-22(33-16)30-19-10-14(5-7-25-19)20(31)26-8-6-24/h1,4-5,7,9-10,12,15,27H,2-3,6,8,11,24H2,(H,26,31)(H,29,32)(H,25,28,30). The van der Waals surface area contributed by atoms with Crippen LogP contribution in [0.5, 0.6) is 0 Å². The van der Waals surface area contributed by atoms with E-state index in [4.69, 9.17) is 5.73 Å². The van der Waals surface area contributed by atoms with Crippen molar-refractivity contribution in [1.82, 2.24) is 20.6 Å². The highest BCUT2D eigenvalue weighted by Gasteiger charge is 2.24. The van der Waals surface area contributed by atoms with Crippen LogP contribution in [0, 0.1) is 5.82 Å². The average molecular weight is 470 g/mol. The van der Waals surface area contributed by atoms with Gasteiger partial charge in [-0.2, -0.15) is 0 Å². The summed E-state index contributed by atoms with van der Waals surface area (Å²) in [5, 5.41) is 12.3. The van der Waals surface area contributed by atoms with Gasteiger partial charge in [-0.25, -0.2) is 14.4 Å². The summed E-state index contributed by atoms with van der Waals surface area (Å²) in [5.74, 6) is -0.388. The van der Waals surface area contributed by atoms with E-state index < -0.39 is 5.82 Å². The van der Waals surface area contributed by atoms with E-state index in [0.717, 1.165) is 17.7 Å². The van der Waals surface area contributed by atoms with Crippen LogP contribution in [0.1, 0.15) is 38.4 Å². The highest BCUT2D eigenvalue weighted by atomic mass is 32.1. The number of nitrogens with two attached hydrogens (primary N) is 1. The van der Waals surface area contributed by atoms with E-state index in [0.29, 0.717) is 41.7 Å². The summed E-state index contributed by atoms with van der Waals surface area (Å²) in [6.07, 6.45) is 5.17. The molecule has 4 rings (SSSR count). The largest absolute Gasteiger partial charge is 0.378 e. The minimum atomic E-state index is -0.435. The number of amides is 2. The molecule has 9 nitrogen and oxygen atoms in total. The van der Waals surface area contributed by atoms with Gasteiger partial charge in [0.1, 0.15) is 11.6 Å². The lowest BCUT2D eigenvalue weighted by Crippen LogP contribution is -2.29. The fourth-order valence-electron chi connectivity index (χ4n) is 2.97. The lowest BCUT2D eigenvalue weighted by Gasteiger charge is -2.09. The molecule has 0 unspecified atom stereocenters. The quantitative estimate of drug-likeness (QED) is 0.308. The van der Waals surface area contributed by atoms with Crippen molar-refractivity contribution in [3.63, 3.8) is 0 Å². The first-order chi connectivity index (χ1) is 16.0. The number of halogens is 1. The molecule has 6 N–H and O–H groups in total. The number of aromatic nitrogens is 2. The highest BCUT2D eigenvalue weighted by Crippen LogP contribution is 2.25. The molecular formula is C22H24FN7O2S. The van der Waals surface area contributed by atoms with Crippen LogP contribution in [0.15, 0.2) is 42.7 Å². The van der Waals surface area contributed by atoms with E-state index in [2.05, 4.69) is 31.2 Å². The van der Waals surface area contributed by atoms with Crippen LogP contribution >= 0.6 is 11.3 Å². The van der Waals surface area contributed by atoms with Crippen molar-refractivity contribution < 1.29 is 14.0 Å². The SMILES string of the molecule is NCCNC(=O)c1ccnc(Nc2ncc(CNc3cc(C(=O)NC4CC4)ccc3F)s2)c1. The van der Waals surface area contributed by atoms with Gasteiger partial charge in [0.15, 0.2) is 5.13 Å². The Morgan fingerprint density at radius 1 is 1.12 bits per heavy atom. The van der Waals surface area contributed by atoms with Gasteiger partial charge >= 0.3 is 0 Å². The van der Waals surface area contributed by atoms with Crippen LogP contribution < -0.4 is 27.0 Å². The van der Waals surface area contributed by atoms with E-state index >= 15 is 0 Å². The molecular weight excluding hydrogens is 445 g/mol. The lowest BCUT2D eigenvalue weighted by molar-refractivity contribution is 0.0944. The van der Waals surface area contributed by atoms with Crippen molar-refractivity contribution in [3.05, 3.63) is 64.5 Å². The minimum absolute atomic E-state index is 0.198. The fraction of sp³-hybridized carbons (Fsp3) is 0.273. The van der Waals surface area contributed by atoms with E-state index in [1.54, 1.807) is 18.3 Å². The number of anilines is 3. The van der Waals surface area contributed by atoms with Gasteiger partial charge in [0, 0.05) is 47.5 Å². The van der Waals surface area contributed by atoms with Crippen LogP contribution in [-0.2, 0) is 6.54 Å². The number of nitrogens with zero attached hydrogens (tertiary/aromatic N) is 2. The van der Waals surface area contributed by atoms with Crippen molar-refractivity contribution >= 4 is 39.8 Å². The summed E-state index contributed by atoms with van der Waals surface area (Å²) in [4.78, 5) is 33.7. The molecule has 1 saturated carbocycles. The van der Waals surface area contributed by atoms with Crippen LogP contribution in [0.2, 0.25) is 0 Å². The second-order valence-electron chi connectivity index (χ2n) is 7.53. The maximum absolute atomic E-state index is 14.2. The monoisotopic (exact) mass is 469 g/mol. The topological polar surface area (TPSA) is 134 Å². The molecule has 3 aromatic rings. The predicted molar refractivity (Wildman–Crippen MR) is 125 cm³/mol. The summed E-state index contributed by atoms with van der Waals surface area (Å²) in [5.41, 5.74) is 6.53. The third-order valence-electron chi connectivity index (χ3n) is 4.83. The molecule has 33 heavy (non-hydrogen) atoms. The molecule has 172 valence electrons. The molecule has 0 spiro atoms. The van der Waals surface area contributed by atoms with Crippen LogP contribution in [0.3, 0.4) is 0 Å². The first kappa shape index (κ1) is 22.6. The molecule has 2 aromatic heterocycles. The summed E-state index contributed by atoms with van der Waals surface area (Å²) < 4.78 is 14.2. The van der Waals surface area contributed by atoms with Gasteiger partial charge in [0.2, 0.25) is 0 Å². The lowest BCUT2D eigenvalue weighted by atomic mass is 10.1. The molecule has 1 aromatic carbocycles. The zero-order valence-corrected chi connectivity index (χ0v) is 18.5. The molecule has 1 aliphatic carbocycles. The number of hydrogen-bond donors (Lipinski definition) is 5. The second kappa shape index (κ2) is 10.4. The van der Waals surface area contributed by atoms with Crippen molar-refractivity contribution in [3.8, 4) is 0 Å². The molecule has 0 bridgehead atoms. The maximum Gasteiger partial charge on any atom is 0.251 e. The summed E-state index contributed by atoms with van der Waals surface area (Å²) >= 11 is 1.36. The third-order valence-corrected chi connectivity index (χ3v) is 5.75. The first-order valence-corrected chi connectivity index (χ1v) is 11.3. The number of rotatable bonds is 10. The van der Waals surface area contributed by atoms with Gasteiger partial charge in [0.25, 0.3) is 11.8 Å². The van der Waals surface area contributed by atoms with Crippen molar-refractivity contribution in [2.75, 3.05) is 23.7 Å². The van der Waals surface area contributed by atoms with Crippen LogP contribution in [-0.4, -0.2) is 40.9 Å². The van der Waals surface area contributed by atoms with Gasteiger partial charge in [-0.05, 0) is 43.2 Å². The molecule has 1 aliphatic rings. The zero-order chi connectivity index (χ0) is 23.2.